The zero-order valence-electron chi connectivity index (χ0n) is 20.0. The van der Waals surface area contributed by atoms with Crippen molar-refractivity contribution in [1.29, 1.82) is 0 Å². The molecule has 0 radical (unpaired) electrons. The van der Waals surface area contributed by atoms with Gasteiger partial charge in [-0.25, -0.2) is 4.98 Å². The van der Waals surface area contributed by atoms with Gasteiger partial charge in [-0.15, -0.1) is 0 Å². The molecule has 0 aliphatic carbocycles. The number of aromatic nitrogens is 3. The molecule has 4 N–H and O–H groups in total. The zero-order valence-corrected chi connectivity index (χ0v) is 20.0. The van der Waals surface area contributed by atoms with Gasteiger partial charge in [0.15, 0.2) is 5.76 Å². The first-order valence-electron chi connectivity index (χ1n) is 11.9. The molecular formula is C27H24N6O4. The highest BCUT2D eigenvalue weighted by molar-refractivity contribution is 5.98. The lowest BCUT2D eigenvalue weighted by Gasteiger charge is -2.34. The molecule has 0 spiro atoms. The predicted octanol–water partition coefficient (Wildman–Crippen LogP) is 2.92. The van der Waals surface area contributed by atoms with Crippen LogP contribution >= 0.6 is 0 Å². The molecule has 1 aliphatic heterocycles. The summed E-state index contributed by atoms with van der Waals surface area (Å²) < 4.78 is 5.63. The Kier molecular flexibility index (Phi) is 5.48. The number of carbonyl (C=O) groups excluding carboxylic acids is 2. The van der Waals surface area contributed by atoms with Crippen molar-refractivity contribution in [2.45, 2.75) is 25.6 Å². The SMILES string of the molecule is CNC(=O)C1Cc2c([nH]c3ccccc23)CN1C(=O)c1occc1CNc1ccc2[nH]c(=O)cnc2c1. The summed E-state index contributed by atoms with van der Waals surface area (Å²) >= 11 is 0. The lowest BCUT2D eigenvalue weighted by atomic mass is 9.95. The number of hydrogen-bond donors (Lipinski definition) is 4. The van der Waals surface area contributed by atoms with Crippen molar-refractivity contribution < 1.29 is 14.0 Å². The molecule has 186 valence electrons. The number of fused-ring (bicyclic) bond motifs is 4. The van der Waals surface area contributed by atoms with Gasteiger partial charge in [0.05, 0.1) is 30.0 Å². The average molecular weight is 497 g/mol. The van der Waals surface area contributed by atoms with E-state index in [4.69, 9.17) is 4.42 Å². The van der Waals surface area contributed by atoms with Crippen LogP contribution in [0.4, 0.5) is 5.69 Å². The number of amides is 2. The topological polar surface area (TPSA) is 136 Å². The lowest BCUT2D eigenvalue weighted by molar-refractivity contribution is -0.125. The lowest BCUT2D eigenvalue weighted by Crippen LogP contribution is -2.52. The summed E-state index contributed by atoms with van der Waals surface area (Å²) in [5.41, 5.74) is 5.41. The van der Waals surface area contributed by atoms with Gasteiger partial charge in [-0.3, -0.25) is 14.4 Å². The number of likely N-dealkylation sites (N-methyl/N-ethyl adjacent to an activating group) is 1. The van der Waals surface area contributed by atoms with Crippen molar-refractivity contribution in [1.82, 2.24) is 25.2 Å². The number of nitrogens with one attached hydrogen (secondary N) is 4. The van der Waals surface area contributed by atoms with Gasteiger partial charge in [0.25, 0.3) is 11.5 Å². The summed E-state index contributed by atoms with van der Waals surface area (Å²) in [5.74, 6) is -0.390. The second-order valence-corrected chi connectivity index (χ2v) is 9.00. The maximum Gasteiger partial charge on any atom is 0.290 e. The fourth-order valence-corrected chi connectivity index (χ4v) is 4.96. The quantitative estimate of drug-likeness (QED) is 0.295. The molecule has 3 aromatic heterocycles. The largest absolute Gasteiger partial charge is 0.459 e. The molecular weight excluding hydrogens is 472 g/mol. The number of anilines is 1. The van der Waals surface area contributed by atoms with Gasteiger partial charge in [0.1, 0.15) is 6.04 Å². The van der Waals surface area contributed by atoms with E-state index in [2.05, 4.69) is 25.6 Å². The summed E-state index contributed by atoms with van der Waals surface area (Å²) in [6, 6.07) is 14.4. The predicted molar refractivity (Wildman–Crippen MR) is 138 cm³/mol. The molecule has 0 fully saturated rings. The number of nitrogens with zero attached hydrogens (tertiary/aromatic N) is 2. The molecule has 10 nitrogen and oxygen atoms in total. The van der Waals surface area contributed by atoms with E-state index in [1.807, 2.05) is 36.4 Å². The molecule has 0 saturated carbocycles. The van der Waals surface area contributed by atoms with Crippen molar-refractivity contribution in [2.24, 2.45) is 0 Å². The van der Waals surface area contributed by atoms with Gasteiger partial charge in [0, 0.05) is 47.9 Å². The van der Waals surface area contributed by atoms with E-state index < -0.39 is 6.04 Å². The molecule has 1 unspecified atom stereocenters. The smallest absolute Gasteiger partial charge is 0.290 e. The number of para-hydroxylation sites is 1. The van der Waals surface area contributed by atoms with E-state index in [1.165, 1.54) is 12.5 Å². The van der Waals surface area contributed by atoms with Crippen LogP contribution in [0.15, 0.2) is 70.2 Å². The highest BCUT2D eigenvalue weighted by atomic mass is 16.3. The Labute approximate surface area is 210 Å². The van der Waals surface area contributed by atoms with Crippen LogP contribution in [-0.4, -0.2) is 44.8 Å². The first kappa shape index (κ1) is 22.6. The van der Waals surface area contributed by atoms with Crippen LogP contribution in [0, 0.1) is 0 Å². The van der Waals surface area contributed by atoms with Crippen molar-refractivity contribution in [3.05, 3.63) is 93.9 Å². The van der Waals surface area contributed by atoms with Crippen LogP contribution in [0.25, 0.3) is 21.9 Å². The van der Waals surface area contributed by atoms with Crippen molar-refractivity contribution in [2.75, 3.05) is 12.4 Å². The summed E-state index contributed by atoms with van der Waals surface area (Å²) in [5, 5.41) is 7.05. The number of rotatable bonds is 5. The molecule has 0 bridgehead atoms. The molecule has 1 atom stereocenters. The van der Waals surface area contributed by atoms with Gasteiger partial charge in [0.2, 0.25) is 5.91 Å². The van der Waals surface area contributed by atoms with Crippen LogP contribution in [0.2, 0.25) is 0 Å². The Hall–Kier alpha value is -4.86. The fourth-order valence-electron chi connectivity index (χ4n) is 4.96. The minimum atomic E-state index is -0.663. The van der Waals surface area contributed by atoms with Crippen molar-refractivity contribution in [3.63, 3.8) is 0 Å². The maximum atomic E-state index is 13.7. The Balaban J connectivity index is 1.26. The number of hydrogen-bond acceptors (Lipinski definition) is 6. The van der Waals surface area contributed by atoms with E-state index in [9.17, 15) is 14.4 Å². The van der Waals surface area contributed by atoms with E-state index in [-0.39, 0.29) is 29.7 Å². The third kappa shape index (κ3) is 4.02. The minimum Gasteiger partial charge on any atom is -0.459 e. The molecule has 1 aliphatic rings. The molecule has 5 aromatic rings. The molecule has 2 aromatic carbocycles. The summed E-state index contributed by atoms with van der Waals surface area (Å²) in [6.07, 6.45) is 3.12. The number of furan rings is 1. The van der Waals surface area contributed by atoms with Crippen LogP contribution < -0.4 is 16.2 Å². The minimum absolute atomic E-state index is 0.184. The summed E-state index contributed by atoms with van der Waals surface area (Å²) in [4.78, 5) is 49.9. The standard InChI is InChI=1S/C27H24N6O4/c1-28-26(35)23-11-18-17-4-2-3-5-19(17)31-22(18)14-33(23)27(36)25-15(8-9-37-25)12-29-16-6-7-20-21(10-16)30-13-24(34)32-20/h2-10,13,23,29,31H,11-12,14H2,1H3,(H,28,35)(H,32,34). The third-order valence-corrected chi connectivity index (χ3v) is 6.81. The van der Waals surface area contributed by atoms with E-state index in [0.717, 1.165) is 27.8 Å². The highest BCUT2D eigenvalue weighted by Crippen LogP contribution is 2.32. The van der Waals surface area contributed by atoms with Crippen LogP contribution in [0.1, 0.15) is 27.4 Å². The molecule has 4 heterocycles. The average Bonchev–Trinajstić information content (AvgIpc) is 3.54. The summed E-state index contributed by atoms with van der Waals surface area (Å²) in [6.45, 7) is 0.589. The number of aromatic amines is 2. The van der Waals surface area contributed by atoms with E-state index in [1.54, 1.807) is 24.1 Å². The van der Waals surface area contributed by atoms with Gasteiger partial charge < -0.3 is 29.9 Å². The number of benzene rings is 2. The maximum absolute atomic E-state index is 13.7. The molecule has 6 rings (SSSR count). The van der Waals surface area contributed by atoms with Crippen LogP contribution in [0.3, 0.4) is 0 Å². The second-order valence-electron chi connectivity index (χ2n) is 9.00. The van der Waals surface area contributed by atoms with E-state index in [0.29, 0.717) is 29.6 Å². The first-order chi connectivity index (χ1) is 18.0. The molecule has 0 saturated heterocycles. The molecule has 10 heteroatoms. The fraction of sp³-hybridized carbons (Fsp3) is 0.185. The Morgan fingerprint density at radius 3 is 2.86 bits per heavy atom. The number of carbonyl (C=O) groups is 2. The monoisotopic (exact) mass is 496 g/mol. The third-order valence-electron chi connectivity index (χ3n) is 6.81. The Morgan fingerprint density at radius 1 is 1.14 bits per heavy atom. The molecule has 2 amide bonds. The second kappa shape index (κ2) is 8.98. The van der Waals surface area contributed by atoms with Gasteiger partial charge in [-0.2, -0.15) is 0 Å². The normalized spacial score (nSPS) is 15.1. The Morgan fingerprint density at radius 2 is 2.00 bits per heavy atom. The Bertz CT molecular complexity index is 1720. The first-order valence-corrected chi connectivity index (χ1v) is 11.9. The molecule has 37 heavy (non-hydrogen) atoms. The van der Waals surface area contributed by atoms with Gasteiger partial charge in [-0.05, 0) is 35.9 Å². The van der Waals surface area contributed by atoms with Gasteiger partial charge >= 0.3 is 0 Å². The van der Waals surface area contributed by atoms with Crippen LogP contribution in [0.5, 0.6) is 0 Å². The highest BCUT2D eigenvalue weighted by Gasteiger charge is 2.38. The van der Waals surface area contributed by atoms with Gasteiger partial charge in [-0.1, -0.05) is 18.2 Å². The zero-order chi connectivity index (χ0) is 25.5. The summed E-state index contributed by atoms with van der Waals surface area (Å²) in [7, 11) is 1.58. The van der Waals surface area contributed by atoms with E-state index >= 15 is 0 Å². The number of H-pyrrole nitrogens is 2. The van der Waals surface area contributed by atoms with Crippen LogP contribution in [-0.2, 0) is 24.3 Å². The van der Waals surface area contributed by atoms with Crippen molar-refractivity contribution in [3.8, 4) is 0 Å². The van der Waals surface area contributed by atoms with Crippen molar-refractivity contribution >= 4 is 39.4 Å².